The van der Waals surface area contributed by atoms with Crippen LogP contribution in [0.5, 0.6) is 11.5 Å². The van der Waals surface area contributed by atoms with Gasteiger partial charge in [0, 0.05) is 18.2 Å². The van der Waals surface area contributed by atoms with Crippen LogP contribution < -0.4 is 20.5 Å². The topological polar surface area (TPSA) is 73.6 Å². The van der Waals surface area contributed by atoms with Crippen LogP contribution in [-0.2, 0) is 11.3 Å². The molecule has 2 aromatic carbocycles. The average molecular weight is 351 g/mol. The van der Waals surface area contributed by atoms with Crippen LogP contribution in [0.15, 0.2) is 48.5 Å². The number of ether oxygens (including phenoxy) is 2. The first-order chi connectivity index (χ1) is 11.1. The van der Waals surface area contributed by atoms with Crippen molar-refractivity contribution >= 4 is 18.3 Å². The second-order valence-corrected chi connectivity index (χ2v) is 5.22. The lowest BCUT2D eigenvalue weighted by Crippen LogP contribution is -2.22. The molecule has 5 nitrogen and oxygen atoms in total. The van der Waals surface area contributed by atoms with Crippen LogP contribution in [0.1, 0.15) is 24.1 Å². The molecule has 1 unspecified atom stereocenters. The van der Waals surface area contributed by atoms with E-state index in [1.54, 1.807) is 13.2 Å². The minimum absolute atomic E-state index is 0. The summed E-state index contributed by atoms with van der Waals surface area (Å²) in [6, 6.07) is 16.0. The molecule has 2 aromatic rings. The monoisotopic (exact) mass is 350 g/mol. The molecule has 1 atom stereocenters. The Balaban J connectivity index is 0.00000288. The van der Waals surface area contributed by atoms with Crippen LogP contribution in [0.2, 0.25) is 0 Å². The van der Waals surface area contributed by atoms with Crippen molar-refractivity contribution in [2.75, 3.05) is 13.7 Å². The molecular weight excluding hydrogens is 328 g/mol. The van der Waals surface area contributed by atoms with E-state index < -0.39 is 5.91 Å². The Bertz CT molecular complexity index is 650. The Hall–Kier alpha value is -2.24. The number of rotatable bonds is 8. The summed E-state index contributed by atoms with van der Waals surface area (Å²) in [7, 11) is 1.57. The molecule has 0 aliphatic rings. The molecule has 0 spiro atoms. The van der Waals surface area contributed by atoms with Crippen molar-refractivity contribution in [1.82, 2.24) is 5.32 Å². The van der Waals surface area contributed by atoms with E-state index in [-0.39, 0.29) is 25.1 Å². The summed E-state index contributed by atoms with van der Waals surface area (Å²) in [5, 5.41) is 3.44. The number of nitrogens with two attached hydrogens (primary N) is 1. The summed E-state index contributed by atoms with van der Waals surface area (Å²) in [5.41, 5.74) is 7.27. The molecular formula is C18H23ClN2O3. The number of hydrogen-bond acceptors (Lipinski definition) is 4. The molecule has 0 aliphatic heterocycles. The van der Waals surface area contributed by atoms with Crippen molar-refractivity contribution in [3.05, 3.63) is 59.7 Å². The average Bonchev–Trinajstić information content (AvgIpc) is 2.58. The summed E-state index contributed by atoms with van der Waals surface area (Å²) in [6.45, 7) is 2.50. The lowest BCUT2D eigenvalue weighted by atomic mass is 10.1. The summed E-state index contributed by atoms with van der Waals surface area (Å²) in [5.74, 6) is 0.604. The van der Waals surface area contributed by atoms with Crippen LogP contribution in [0.4, 0.5) is 0 Å². The molecule has 6 heteroatoms. The Morgan fingerprint density at radius 1 is 1.17 bits per heavy atom. The number of carbonyl (C=O) groups excluding carboxylic acids is 1. The third-order valence-electron chi connectivity index (χ3n) is 3.54. The maximum atomic E-state index is 11.0. The number of carbonyl (C=O) groups is 1. The van der Waals surface area contributed by atoms with Crippen molar-refractivity contribution in [1.29, 1.82) is 0 Å². The van der Waals surface area contributed by atoms with Crippen molar-refractivity contribution in [3.63, 3.8) is 0 Å². The first kappa shape index (κ1) is 19.8. The third kappa shape index (κ3) is 5.44. The Kier molecular flexibility index (Phi) is 8.09. The first-order valence-corrected chi connectivity index (χ1v) is 7.47. The van der Waals surface area contributed by atoms with Gasteiger partial charge in [-0.25, -0.2) is 0 Å². The van der Waals surface area contributed by atoms with Gasteiger partial charge in [0.15, 0.2) is 18.1 Å². The fourth-order valence-electron chi connectivity index (χ4n) is 2.29. The van der Waals surface area contributed by atoms with Gasteiger partial charge in [0.2, 0.25) is 0 Å². The van der Waals surface area contributed by atoms with Crippen molar-refractivity contribution in [2.45, 2.75) is 19.5 Å². The van der Waals surface area contributed by atoms with Gasteiger partial charge in [0.05, 0.1) is 7.11 Å². The van der Waals surface area contributed by atoms with Crippen LogP contribution in [-0.4, -0.2) is 19.6 Å². The number of methoxy groups -OCH3 is 1. The summed E-state index contributed by atoms with van der Waals surface area (Å²) >= 11 is 0. The molecule has 0 heterocycles. The Morgan fingerprint density at radius 3 is 2.50 bits per heavy atom. The van der Waals surface area contributed by atoms with Gasteiger partial charge in [0.25, 0.3) is 5.91 Å². The maximum absolute atomic E-state index is 11.0. The molecule has 3 N–H and O–H groups in total. The lowest BCUT2D eigenvalue weighted by molar-refractivity contribution is -0.119. The second kappa shape index (κ2) is 9.80. The normalized spacial score (nSPS) is 11.2. The molecule has 2 rings (SSSR count). The highest BCUT2D eigenvalue weighted by molar-refractivity contribution is 5.85. The van der Waals surface area contributed by atoms with Gasteiger partial charge in [-0.05, 0) is 18.6 Å². The molecule has 0 bridgehead atoms. The summed E-state index contributed by atoms with van der Waals surface area (Å²) in [4.78, 5) is 11.0. The molecule has 0 radical (unpaired) electrons. The van der Waals surface area contributed by atoms with E-state index in [4.69, 9.17) is 15.2 Å². The highest BCUT2D eigenvalue weighted by atomic mass is 35.5. The van der Waals surface area contributed by atoms with Crippen LogP contribution in [0.25, 0.3) is 0 Å². The van der Waals surface area contributed by atoms with Crippen molar-refractivity contribution in [2.24, 2.45) is 5.73 Å². The quantitative estimate of drug-likeness (QED) is 0.767. The van der Waals surface area contributed by atoms with E-state index in [1.165, 1.54) is 5.56 Å². The van der Waals surface area contributed by atoms with Gasteiger partial charge in [-0.2, -0.15) is 0 Å². The zero-order valence-corrected chi connectivity index (χ0v) is 14.6. The largest absolute Gasteiger partial charge is 0.493 e. The molecule has 24 heavy (non-hydrogen) atoms. The predicted octanol–water partition coefficient (Wildman–Crippen LogP) is 2.83. The van der Waals surface area contributed by atoms with Gasteiger partial charge in [-0.1, -0.05) is 42.5 Å². The standard InChI is InChI=1S/C18H22N2O3.ClH/c1-13(14-7-4-3-5-8-14)20-11-15-9-6-10-16(22-2)18(15)23-12-17(19)21;/h3-10,13,20H,11-12H2,1-2H3,(H2,19,21);1H. The molecule has 1 amide bonds. The van der Waals surface area contributed by atoms with Crippen molar-refractivity contribution in [3.8, 4) is 11.5 Å². The highest BCUT2D eigenvalue weighted by Gasteiger charge is 2.13. The molecule has 0 saturated carbocycles. The molecule has 0 aromatic heterocycles. The van der Waals surface area contributed by atoms with Crippen molar-refractivity contribution < 1.29 is 14.3 Å². The first-order valence-electron chi connectivity index (χ1n) is 7.47. The molecule has 0 fully saturated rings. The summed E-state index contributed by atoms with van der Waals surface area (Å²) < 4.78 is 10.8. The highest BCUT2D eigenvalue weighted by Crippen LogP contribution is 2.31. The van der Waals surface area contributed by atoms with Gasteiger partial charge in [0.1, 0.15) is 0 Å². The van der Waals surface area contributed by atoms with E-state index in [1.807, 2.05) is 30.3 Å². The van der Waals surface area contributed by atoms with Crippen LogP contribution in [0, 0.1) is 0 Å². The van der Waals surface area contributed by atoms with Gasteiger partial charge in [-0.3, -0.25) is 4.79 Å². The number of para-hydroxylation sites is 1. The van der Waals surface area contributed by atoms with Crippen LogP contribution >= 0.6 is 12.4 Å². The zero-order chi connectivity index (χ0) is 16.7. The number of benzene rings is 2. The minimum Gasteiger partial charge on any atom is -0.493 e. The lowest BCUT2D eigenvalue weighted by Gasteiger charge is -2.18. The molecule has 0 saturated heterocycles. The third-order valence-corrected chi connectivity index (χ3v) is 3.54. The number of halogens is 1. The van der Waals surface area contributed by atoms with E-state index in [9.17, 15) is 4.79 Å². The van der Waals surface area contributed by atoms with Gasteiger partial charge >= 0.3 is 0 Å². The number of amides is 1. The Labute approximate surface area is 148 Å². The zero-order valence-electron chi connectivity index (χ0n) is 13.8. The van der Waals surface area contributed by atoms with Crippen LogP contribution in [0.3, 0.4) is 0 Å². The SMILES string of the molecule is COc1cccc(CNC(C)c2ccccc2)c1OCC(N)=O.Cl. The predicted molar refractivity (Wildman–Crippen MR) is 96.6 cm³/mol. The fraction of sp³-hybridized carbons (Fsp3) is 0.278. The number of nitrogens with one attached hydrogen (secondary N) is 1. The fourth-order valence-corrected chi connectivity index (χ4v) is 2.29. The molecule has 0 aliphatic carbocycles. The second-order valence-electron chi connectivity index (χ2n) is 5.22. The maximum Gasteiger partial charge on any atom is 0.255 e. The van der Waals surface area contributed by atoms with E-state index in [0.29, 0.717) is 18.0 Å². The van der Waals surface area contributed by atoms with E-state index in [0.717, 1.165) is 5.56 Å². The molecule has 130 valence electrons. The minimum atomic E-state index is -0.521. The van der Waals surface area contributed by atoms with E-state index >= 15 is 0 Å². The summed E-state index contributed by atoms with van der Waals surface area (Å²) in [6.07, 6.45) is 0. The Morgan fingerprint density at radius 2 is 1.88 bits per heavy atom. The smallest absolute Gasteiger partial charge is 0.255 e. The van der Waals surface area contributed by atoms with E-state index in [2.05, 4.69) is 24.4 Å². The van der Waals surface area contributed by atoms with Gasteiger partial charge in [-0.15, -0.1) is 12.4 Å². The number of primary amides is 1. The number of hydrogen-bond donors (Lipinski definition) is 2. The van der Waals surface area contributed by atoms with Gasteiger partial charge < -0.3 is 20.5 Å².